The Morgan fingerprint density at radius 2 is 1.57 bits per heavy atom. The van der Waals surface area contributed by atoms with E-state index in [2.05, 4.69) is 10.6 Å². The van der Waals surface area contributed by atoms with E-state index in [0.717, 1.165) is 5.56 Å². The second-order valence-corrected chi connectivity index (χ2v) is 6.44. The first-order chi connectivity index (χ1) is 13.6. The van der Waals surface area contributed by atoms with E-state index in [9.17, 15) is 9.59 Å². The molecule has 0 heterocycles. The van der Waals surface area contributed by atoms with E-state index in [0.29, 0.717) is 34.1 Å². The summed E-state index contributed by atoms with van der Waals surface area (Å²) in [6.45, 7) is 0.330. The van der Waals surface area contributed by atoms with Gasteiger partial charge in [-0.3, -0.25) is 9.59 Å². The Hall–Kier alpha value is -3.31. The summed E-state index contributed by atoms with van der Waals surface area (Å²) in [5.74, 6) is 0.152. The van der Waals surface area contributed by atoms with Crippen molar-refractivity contribution in [3.05, 3.63) is 94.5 Å². The molecule has 0 saturated heterocycles. The van der Waals surface area contributed by atoms with Crippen LogP contribution in [0.5, 0.6) is 5.75 Å². The molecule has 3 aromatic carbocycles. The summed E-state index contributed by atoms with van der Waals surface area (Å²) < 4.78 is 5.14. The maximum absolute atomic E-state index is 12.4. The Labute approximate surface area is 168 Å². The maximum atomic E-state index is 12.4. The molecule has 0 atom stereocenters. The molecule has 2 N–H and O–H groups in total. The third-order valence-electron chi connectivity index (χ3n) is 4.13. The van der Waals surface area contributed by atoms with Crippen molar-refractivity contribution < 1.29 is 14.3 Å². The molecule has 142 valence electrons. The van der Waals surface area contributed by atoms with Crippen molar-refractivity contribution in [2.45, 2.75) is 6.54 Å². The number of carbonyl (C=O) groups is 2. The second-order valence-electron chi connectivity index (χ2n) is 6.04. The predicted molar refractivity (Wildman–Crippen MR) is 110 cm³/mol. The summed E-state index contributed by atoms with van der Waals surface area (Å²) in [5.41, 5.74) is 2.38. The van der Waals surface area contributed by atoms with Crippen LogP contribution >= 0.6 is 11.6 Å². The summed E-state index contributed by atoms with van der Waals surface area (Å²) in [7, 11) is 1.57. The normalized spacial score (nSPS) is 10.2. The standard InChI is InChI=1S/C22H19ClN2O3/c1-28-19-7-4-6-18(13-19)25-22(27)16-11-9-15(10-12-16)21(26)24-14-17-5-2-3-8-20(17)23/h2-13H,14H2,1H3,(H,24,26)(H,25,27). The number of anilines is 1. The Morgan fingerprint density at radius 1 is 0.893 bits per heavy atom. The van der Waals surface area contributed by atoms with Gasteiger partial charge in [-0.2, -0.15) is 0 Å². The van der Waals surface area contributed by atoms with Gasteiger partial charge in [0.25, 0.3) is 11.8 Å². The molecule has 6 heteroatoms. The summed E-state index contributed by atoms with van der Waals surface area (Å²) in [4.78, 5) is 24.7. The van der Waals surface area contributed by atoms with Crippen molar-refractivity contribution in [1.29, 1.82) is 0 Å². The highest BCUT2D eigenvalue weighted by Crippen LogP contribution is 2.18. The fraction of sp³-hybridized carbons (Fsp3) is 0.0909. The molecule has 28 heavy (non-hydrogen) atoms. The van der Waals surface area contributed by atoms with Gasteiger partial charge in [-0.1, -0.05) is 35.9 Å². The number of benzene rings is 3. The highest BCUT2D eigenvalue weighted by molar-refractivity contribution is 6.31. The highest BCUT2D eigenvalue weighted by atomic mass is 35.5. The Morgan fingerprint density at radius 3 is 2.25 bits per heavy atom. The lowest BCUT2D eigenvalue weighted by atomic mass is 10.1. The van der Waals surface area contributed by atoms with Crippen LogP contribution in [0, 0.1) is 0 Å². The van der Waals surface area contributed by atoms with Gasteiger partial charge in [0.2, 0.25) is 0 Å². The third kappa shape index (κ3) is 4.90. The van der Waals surface area contributed by atoms with Gasteiger partial charge in [-0.05, 0) is 48.0 Å². The second kappa shape index (κ2) is 9.06. The molecule has 0 aliphatic heterocycles. The van der Waals surface area contributed by atoms with Gasteiger partial charge >= 0.3 is 0 Å². The summed E-state index contributed by atoms with van der Waals surface area (Å²) in [5, 5.41) is 6.22. The Kier molecular flexibility index (Phi) is 6.29. The molecule has 3 rings (SSSR count). The maximum Gasteiger partial charge on any atom is 0.255 e. The van der Waals surface area contributed by atoms with Gasteiger partial charge in [-0.25, -0.2) is 0 Å². The third-order valence-corrected chi connectivity index (χ3v) is 4.50. The zero-order chi connectivity index (χ0) is 19.9. The lowest BCUT2D eigenvalue weighted by Crippen LogP contribution is -2.23. The largest absolute Gasteiger partial charge is 0.497 e. The zero-order valence-corrected chi connectivity index (χ0v) is 16.0. The number of nitrogens with one attached hydrogen (secondary N) is 2. The predicted octanol–water partition coefficient (Wildman–Crippen LogP) is 4.53. The first-order valence-corrected chi connectivity index (χ1v) is 9.01. The van der Waals surface area contributed by atoms with Gasteiger partial charge in [0.05, 0.1) is 7.11 Å². The number of hydrogen-bond acceptors (Lipinski definition) is 3. The lowest BCUT2D eigenvalue weighted by Gasteiger charge is -2.09. The van der Waals surface area contributed by atoms with Crippen molar-refractivity contribution in [2.75, 3.05) is 12.4 Å². The lowest BCUT2D eigenvalue weighted by molar-refractivity contribution is 0.0949. The van der Waals surface area contributed by atoms with Gasteiger partial charge in [0.1, 0.15) is 5.75 Å². The fourth-order valence-corrected chi connectivity index (χ4v) is 2.80. The monoisotopic (exact) mass is 394 g/mol. The minimum absolute atomic E-state index is 0.236. The molecule has 0 radical (unpaired) electrons. The molecule has 2 amide bonds. The molecular weight excluding hydrogens is 376 g/mol. The SMILES string of the molecule is COc1cccc(NC(=O)c2ccc(C(=O)NCc3ccccc3Cl)cc2)c1. The van der Waals surface area contributed by atoms with Gasteiger partial charge in [-0.15, -0.1) is 0 Å². The average molecular weight is 395 g/mol. The van der Waals surface area contributed by atoms with Crippen LogP contribution in [0.4, 0.5) is 5.69 Å². The molecule has 0 saturated carbocycles. The summed E-state index contributed by atoms with van der Waals surface area (Å²) in [6, 6.07) is 20.9. The van der Waals surface area contributed by atoms with Crippen LogP contribution < -0.4 is 15.4 Å². The molecule has 0 aliphatic rings. The fourth-order valence-electron chi connectivity index (χ4n) is 2.60. The van der Waals surface area contributed by atoms with E-state index in [1.807, 2.05) is 18.2 Å². The van der Waals surface area contributed by atoms with Crippen molar-refractivity contribution in [1.82, 2.24) is 5.32 Å². The van der Waals surface area contributed by atoms with Crippen LogP contribution in [0.1, 0.15) is 26.3 Å². The number of hydrogen-bond donors (Lipinski definition) is 2. The first-order valence-electron chi connectivity index (χ1n) is 8.64. The minimum atomic E-state index is -0.267. The molecule has 3 aromatic rings. The number of amides is 2. The van der Waals surface area contributed by atoms with E-state index in [1.54, 1.807) is 61.7 Å². The summed E-state index contributed by atoms with van der Waals surface area (Å²) >= 11 is 6.09. The summed E-state index contributed by atoms with van der Waals surface area (Å²) in [6.07, 6.45) is 0. The van der Waals surface area contributed by atoms with E-state index in [1.165, 1.54) is 0 Å². The Bertz CT molecular complexity index is 987. The number of methoxy groups -OCH3 is 1. The molecule has 0 aromatic heterocycles. The molecule has 0 spiro atoms. The molecule has 0 aliphatic carbocycles. The van der Waals surface area contributed by atoms with Crippen LogP contribution in [0.25, 0.3) is 0 Å². The van der Waals surface area contributed by atoms with E-state index < -0.39 is 0 Å². The number of rotatable bonds is 6. The molecule has 0 unspecified atom stereocenters. The average Bonchev–Trinajstić information content (AvgIpc) is 2.73. The molecular formula is C22H19ClN2O3. The molecule has 0 fully saturated rings. The van der Waals surface area contributed by atoms with Crippen LogP contribution in [0.2, 0.25) is 5.02 Å². The van der Waals surface area contributed by atoms with Crippen LogP contribution in [-0.2, 0) is 6.54 Å². The van der Waals surface area contributed by atoms with E-state index in [-0.39, 0.29) is 11.8 Å². The van der Waals surface area contributed by atoms with Crippen molar-refractivity contribution >= 4 is 29.1 Å². The van der Waals surface area contributed by atoms with Gasteiger partial charge in [0, 0.05) is 34.4 Å². The number of halogens is 1. The van der Waals surface area contributed by atoms with Crippen molar-refractivity contribution in [3.63, 3.8) is 0 Å². The van der Waals surface area contributed by atoms with Crippen molar-refractivity contribution in [3.8, 4) is 5.75 Å². The van der Waals surface area contributed by atoms with E-state index in [4.69, 9.17) is 16.3 Å². The van der Waals surface area contributed by atoms with Crippen LogP contribution in [-0.4, -0.2) is 18.9 Å². The molecule has 0 bridgehead atoms. The van der Waals surface area contributed by atoms with Crippen LogP contribution in [0.15, 0.2) is 72.8 Å². The van der Waals surface area contributed by atoms with Gasteiger partial charge in [0.15, 0.2) is 0 Å². The first kappa shape index (κ1) is 19.5. The Balaban J connectivity index is 1.61. The van der Waals surface area contributed by atoms with Gasteiger partial charge < -0.3 is 15.4 Å². The highest BCUT2D eigenvalue weighted by Gasteiger charge is 2.10. The number of ether oxygens (including phenoxy) is 1. The number of carbonyl (C=O) groups excluding carboxylic acids is 2. The minimum Gasteiger partial charge on any atom is -0.497 e. The molecule has 5 nitrogen and oxygen atoms in total. The van der Waals surface area contributed by atoms with Crippen LogP contribution in [0.3, 0.4) is 0 Å². The topological polar surface area (TPSA) is 67.4 Å². The zero-order valence-electron chi connectivity index (χ0n) is 15.2. The quantitative estimate of drug-likeness (QED) is 0.645. The van der Waals surface area contributed by atoms with E-state index >= 15 is 0 Å². The van der Waals surface area contributed by atoms with Crippen molar-refractivity contribution in [2.24, 2.45) is 0 Å². The smallest absolute Gasteiger partial charge is 0.255 e.